The Hall–Kier alpha value is -3.04. The zero-order chi connectivity index (χ0) is 23.6. The Morgan fingerprint density at radius 3 is 2.33 bits per heavy atom. The molecule has 3 aromatic rings. The molecule has 0 bridgehead atoms. The Morgan fingerprint density at radius 2 is 1.67 bits per heavy atom. The van der Waals surface area contributed by atoms with E-state index in [1.807, 2.05) is 32.0 Å². The summed E-state index contributed by atoms with van der Waals surface area (Å²) >= 11 is 0. The third kappa shape index (κ3) is 4.99. The number of hydrogen-bond acceptors (Lipinski definition) is 5. The van der Waals surface area contributed by atoms with Gasteiger partial charge >= 0.3 is 0 Å². The molecule has 9 heteroatoms. The summed E-state index contributed by atoms with van der Waals surface area (Å²) in [4.78, 5) is 14.5. The maximum absolute atomic E-state index is 12.8. The molecule has 2 aromatic carbocycles. The lowest BCUT2D eigenvalue weighted by Gasteiger charge is -2.25. The zero-order valence-electron chi connectivity index (χ0n) is 19.2. The molecule has 2 heterocycles. The van der Waals surface area contributed by atoms with E-state index in [4.69, 9.17) is 0 Å². The summed E-state index contributed by atoms with van der Waals surface area (Å²) in [5.74, 6) is -0.325. The van der Waals surface area contributed by atoms with Crippen LogP contribution >= 0.6 is 0 Å². The zero-order valence-corrected chi connectivity index (χ0v) is 20.0. The molecule has 33 heavy (non-hydrogen) atoms. The molecule has 0 atom stereocenters. The molecule has 1 amide bonds. The van der Waals surface area contributed by atoms with Gasteiger partial charge in [-0.2, -0.15) is 14.2 Å². The molecule has 0 spiro atoms. The largest absolute Gasteiger partial charge is 0.347 e. The van der Waals surface area contributed by atoms with Gasteiger partial charge in [0.25, 0.3) is 5.91 Å². The van der Waals surface area contributed by atoms with Gasteiger partial charge in [-0.3, -0.25) is 4.79 Å². The summed E-state index contributed by atoms with van der Waals surface area (Å²) in [6.07, 6.45) is 2.87. The van der Waals surface area contributed by atoms with Crippen LogP contribution in [0, 0.1) is 20.8 Å². The van der Waals surface area contributed by atoms with E-state index in [0.717, 1.165) is 41.6 Å². The van der Waals surface area contributed by atoms with Gasteiger partial charge in [-0.1, -0.05) is 36.2 Å². The number of carbonyl (C=O) groups is 1. The van der Waals surface area contributed by atoms with Crippen molar-refractivity contribution in [2.75, 3.05) is 13.1 Å². The second-order valence-electron chi connectivity index (χ2n) is 8.50. The van der Waals surface area contributed by atoms with Crippen LogP contribution in [0.4, 0.5) is 0 Å². The second-order valence-corrected chi connectivity index (χ2v) is 10.4. The molecule has 1 aliphatic rings. The fourth-order valence-corrected chi connectivity index (χ4v) is 5.54. The van der Waals surface area contributed by atoms with Gasteiger partial charge in [0.15, 0.2) is 5.69 Å². The summed E-state index contributed by atoms with van der Waals surface area (Å²) in [5.41, 5.74) is 4.60. The summed E-state index contributed by atoms with van der Waals surface area (Å²) in [7, 11) is -3.46. The van der Waals surface area contributed by atoms with Crippen LogP contribution in [0.1, 0.15) is 52.1 Å². The molecule has 4 rings (SSSR count). The van der Waals surface area contributed by atoms with E-state index in [1.54, 1.807) is 35.5 Å². The number of nitrogens with one attached hydrogen (secondary N) is 1. The Kier molecular flexibility index (Phi) is 6.62. The number of aryl methyl sites for hydroxylation is 3. The lowest BCUT2D eigenvalue weighted by Crippen LogP contribution is -2.35. The topological polar surface area (TPSA) is 97.2 Å². The van der Waals surface area contributed by atoms with Gasteiger partial charge in [-0.25, -0.2) is 8.42 Å². The molecule has 174 valence electrons. The fourth-order valence-electron chi connectivity index (χ4n) is 4.03. The van der Waals surface area contributed by atoms with Crippen molar-refractivity contribution in [2.45, 2.75) is 51.5 Å². The van der Waals surface area contributed by atoms with E-state index in [-0.39, 0.29) is 23.0 Å². The minimum Gasteiger partial charge on any atom is -0.347 e. The number of benzene rings is 2. The van der Waals surface area contributed by atoms with E-state index in [2.05, 4.69) is 15.5 Å². The number of aromatic nitrogens is 3. The quantitative estimate of drug-likeness (QED) is 0.600. The van der Waals surface area contributed by atoms with Gasteiger partial charge in [0, 0.05) is 19.6 Å². The van der Waals surface area contributed by atoms with E-state index in [0.29, 0.717) is 18.8 Å². The third-order valence-electron chi connectivity index (χ3n) is 5.89. The normalized spacial score (nSPS) is 14.9. The predicted molar refractivity (Wildman–Crippen MR) is 126 cm³/mol. The average Bonchev–Trinajstić information content (AvgIpc) is 3.19. The van der Waals surface area contributed by atoms with E-state index >= 15 is 0 Å². The van der Waals surface area contributed by atoms with Crippen LogP contribution in [-0.4, -0.2) is 46.7 Å². The van der Waals surface area contributed by atoms with E-state index in [9.17, 15) is 13.2 Å². The van der Waals surface area contributed by atoms with Crippen LogP contribution in [-0.2, 0) is 16.6 Å². The smallest absolute Gasteiger partial charge is 0.274 e. The van der Waals surface area contributed by atoms with Crippen LogP contribution in [0.3, 0.4) is 0 Å². The number of hydrogen-bond donors (Lipinski definition) is 1. The highest BCUT2D eigenvalue weighted by molar-refractivity contribution is 7.89. The summed E-state index contributed by atoms with van der Waals surface area (Å²) in [6, 6.07) is 12.6. The molecule has 1 aromatic heterocycles. The van der Waals surface area contributed by atoms with Crippen molar-refractivity contribution in [2.24, 2.45) is 0 Å². The Morgan fingerprint density at radius 1 is 0.970 bits per heavy atom. The first-order valence-electron chi connectivity index (χ1n) is 11.1. The molecule has 1 aliphatic heterocycles. The minimum atomic E-state index is -3.46. The van der Waals surface area contributed by atoms with Gasteiger partial charge in [0.2, 0.25) is 10.0 Å². The van der Waals surface area contributed by atoms with Crippen molar-refractivity contribution < 1.29 is 13.2 Å². The first kappa shape index (κ1) is 23.1. The first-order chi connectivity index (χ1) is 15.8. The Bertz CT molecular complexity index is 1260. The molecule has 0 aliphatic carbocycles. The standard InChI is InChI=1S/C24H29N5O3S/c1-17-7-12-22(18(2)15-17)29-26-19(3)23(27-29)24(30)25-16-20-8-10-21(11-9-20)33(31,32)28-13-5-4-6-14-28/h7-12,15H,4-6,13-14,16H2,1-3H3,(H,25,30). The number of sulfonamides is 1. The van der Waals surface area contributed by atoms with Gasteiger partial charge in [0.1, 0.15) is 0 Å². The van der Waals surface area contributed by atoms with Gasteiger partial charge < -0.3 is 5.32 Å². The van der Waals surface area contributed by atoms with Crippen LogP contribution in [0.5, 0.6) is 0 Å². The highest BCUT2D eigenvalue weighted by atomic mass is 32.2. The molecule has 0 unspecified atom stereocenters. The Balaban J connectivity index is 1.42. The highest BCUT2D eigenvalue weighted by Gasteiger charge is 2.25. The summed E-state index contributed by atoms with van der Waals surface area (Å²) in [6.45, 7) is 7.16. The lowest BCUT2D eigenvalue weighted by molar-refractivity contribution is 0.0945. The van der Waals surface area contributed by atoms with Crippen molar-refractivity contribution >= 4 is 15.9 Å². The van der Waals surface area contributed by atoms with Crippen molar-refractivity contribution in [3.8, 4) is 5.69 Å². The van der Waals surface area contributed by atoms with Crippen LogP contribution < -0.4 is 5.32 Å². The minimum absolute atomic E-state index is 0.263. The number of piperidine rings is 1. The van der Waals surface area contributed by atoms with E-state index in [1.165, 1.54) is 4.80 Å². The second kappa shape index (κ2) is 9.44. The van der Waals surface area contributed by atoms with Crippen molar-refractivity contribution in [1.29, 1.82) is 0 Å². The van der Waals surface area contributed by atoms with Crippen LogP contribution in [0.2, 0.25) is 0 Å². The molecule has 0 saturated carbocycles. The average molecular weight is 468 g/mol. The molecule has 1 saturated heterocycles. The van der Waals surface area contributed by atoms with Crippen molar-refractivity contribution in [1.82, 2.24) is 24.6 Å². The lowest BCUT2D eigenvalue weighted by atomic mass is 10.1. The van der Waals surface area contributed by atoms with Crippen LogP contribution in [0.25, 0.3) is 5.69 Å². The number of rotatable bonds is 6. The number of amides is 1. The van der Waals surface area contributed by atoms with Crippen LogP contribution in [0.15, 0.2) is 47.4 Å². The number of nitrogens with zero attached hydrogens (tertiary/aromatic N) is 4. The number of carbonyl (C=O) groups excluding carboxylic acids is 1. The highest BCUT2D eigenvalue weighted by Crippen LogP contribution is 2.21. The Labute approximate surface area is 194 Å². The third-order valence-corrected chi connectivity index (χ3v) is 7.81. The maximum Gasteiger partial charge on any atom is 0.274 e. The first-order valence-corrected chi connectivity index (χ1v) is 12.6. The maximum atomic E-state index is 12.8. The van der Waals surface area contributed by atoms with Gasteiger partial charge in [-0.05, 0) is 62.9 Å². The summed E-state index contributed by atoms with van der Waals surface area (Å²) in [5, 5.41) is 11.6. The van der Waals surface area contributed by atoms with Crippen molar-refractivity contribution in [3.05, 3.63) is 70.5 Å². The fraction of sp³-hybridized carbons (Fsp3) is 0.375. The van der Waals surface area contributed by atoms with Gasteiger partial charge in [-0.15, -0.1) is 5.10 Å². The molecular weight excluding hydrogens is 438 g/mol. The molecular formula is C24H29N5O3S. The SMILES string of the molecule is Cc1ccc(-n2nc(C)c(C(=O)NCc3ccc(S(=O)(=O)N4CCCCC4)cc3)n2)c(C)c1. The summed E-state index contributed by atoms with van der Waals surface area (Å²) < 4.78 is 27.1. The van der Waals surface area contributed by atoms with Crippen molar-refractivity contribution in [3.63, 3.8) is 0 Å². The molecule has 1 N–H and O–H groups in total. The predicted octanol–water partition coefficient (Wildman–Crippen LogP) is 3.30. The molecule has 0 radical (unpaired) electrons. The van der Waals surface area contributed by atoms with E-state index < -0.39 is 10.0 Å². The molecule has 1 fully saturated rings. The van der Waals surface area contributed by atoms with Gasteiger partial charge in [0.05, 0.1) is 16.3 Å². The molecule has 8 nitrogen and oxygen atoms in total. The monoisotopic (exact) mass is 467 g/mol.